The van der Waals surface area contributed by atoms with Gasteiger partial charge in [0, 0.05) is 6.54 Å². The lowest BCUT2D eigenvalue weighted by Crippen LogP contribution is -2.34. The highest BCUT2D eigenvalue weighted by molar-refractivity contribution is 5.05. The first-order valence-electron chi connectivity index (χ1n) is 7.99. The number of nitrogens with zero attached hydrogens (tertiary/aromatic N) is 1. The summed E-state index contributed by atoms with van der Waals surface area (Å²) in [5.41, 5.74) is 0.918. The van der Waals surface area contributed by atoms with Crippen molar-refractivity contribution >= 4 is 0 Å². The SMILES string of the molecule is Cc1nc(CNCC(O)COC2CCCCC2C)oc1C. The van der Waals surface area contributed by atoms with Crippen LogP contribution in [0.15, 0.2) is 4.42 Å². The molecule has 3 atom stereocenters. The topological polar surface area (TPSA) is 67.5 Å². The van der Waals surface area contributed by atoms with E-state index in [0.717, 1.165) is 17.9 Å². The summed E-state index contributed by atoms with van der Waals surface area (Å²) >= 11 is 0. The van der Waals surface area contributed by atoms with Crippen LogP contribution in [-0.4, -0.2) is 35.5 Å². The summed E-state index contributed by atoms with van der Waals surface area (Å²) < 4.78 is 11.3. The highest BCUT2D eigenvalue weighted by atomic mass is 16.5. The van der Waals surface area contributed by atoms with Crippen molar-refractivity contribution in [3.63, 3.8) is 0 Å². The van der Waals surface area contributed by atoms with Crippen LogP contribution >= 0.6 is 0 Å². The number of aliphatic hydroxyl groups excluding tert-OH is 1. The minimum absolute atomic E-state index is 0.311. The van der Waals surface area contributed by atoms with Gasteiger partial charge in [-0.2, -0.15) is 0 Å². The fourth-order valence-corrected chi connectivity index (χ4v) is 2.78. The maximum Gasteiger partial charge on any atom is 0.208 e. The number of aryl methyl sites for hydroxylation is 2. The molecule has 1 aliphatic carbocycles. The number of nitrogens with one attached hydrogen (secondary N) is 1. The number of hydrogen-bond donors (Lipinski definition) is 2. The summed E-state index contributed by atoms with van der Waals surface area (Å²) in [7, 11) is 0. The Kier molecular flexibility index (Phi) is 6.21. The van der Waals surface area contributed by atoms with E-state index in [9.17, 15) is 5.11 Å². The van der Waals surface area contributed by atoms with Gasteiger partial charge in [-0.15, -0.1) is 0 Å². The smallest absolute Gasteiger partial charge is 0.208 e. The van der Waals surface area contributed by atoms with Crippen LogP contribution in [0.5, 0.6) is 0 Å². The van der Waals surface area contributed by atoms with E-state index in [2.05, 4.69) is 17.2 Å². The molecule has 0 aromatic carbocycles. The minimum atomic E-state index is -0.490. The van der Waals surface area contributed by atoms with Crippen molar-refractivity contribution in [2.24, 2.45) is 5.92 Å². The number of aromatic nitrogens is 1. The van der Waals surface area contributed by atoms with Gasteiger partial charge in [0.15, 0.2) is 0 Å². The molecule has 21 heavy (non-hydrogen) atoms. The van der Waals surface area contributed by atoms with Gasteiger partial charge in [0.25, 0.3) is 0 Å². The molecule has 1 heterocycles. The Labute approximate surface area is 127 Å². The lowest BCUT2D eigenvalue weighted by Gasteiger charge is -2.29. The van der Waals surface area contributed by atoms with E-state index >= 15 is 0 Å². The summed E-state index contributed by atoms with van der Waals surface area (Å²) in [5, 5.41) is 13.1. The molecule has 120 valence electrons. The van der Waals surface area contributed by atoms with E-state index in [-0.39, 0.29) is 0 Å². The van der Waals surface area contributed by atoms with E-state index in [4.69, 9.17) is 9.15 Å². The van der Waals surface area contributed by atoms with Gasteiger partial charge in [-0.05, 0) is 32.6 Å². The van der Waals surface area contributed by atoms with Crippen molar-refractivity contribution in [3.8, 4) is 0 Å². The van der Waals surface area contributed by atoms with E-state index in [1.54, 1.807) is 0 Å². The lowest BCUT2D eigenvalue weighted by molar-refractivity contribution is -0.0452. The van der Waals surface area contributed by atoms with Gasteiger partial charge in [0.05, 0.1) is 31.1 Å². The van der Waals surface area contributed by atoms with E-state index in [0.29, 0.717) is 37.6 Å². The van der Waals surface area contributed by atoms with Crippen molar-refractivity contribution in [1.82, 2.24) is 10.3 Å². The number of rotatable bonds is 7. The van der Waals surface area contributed by atoms with E-state index in [1.165, 1.54) is 19.3 Å². The van der Waals surface area contributed by atoms with Crippen LogP contribution in [0.3, 0.4) is 0 Å². The molecule has 2 N–H and O–H groups in total. The molecule has 1 fully saturated rings. The van der Waals surface area contributed by atoms with Gasteiger partial charge >= 0.3 is 0 Å². The number of ether oxygens (including phenoxy) is 1. The molecule has 1 saturated carbocycles. The zero-order chi connectivity index (χ0) is 15.2. The van der Waals surface area contributed by atoms with Crippen LogP contribution in [-0.2, 0) is 11.3 Å². The zero-order valence-electron chi connectivity index (χ0n) is 13.4. The summed E-state index contributed by atoms with van der Waals surface area (Å²) in [6.45, 7) is 7.48. The molecule has 1 aromatic rings. The number of aliphatic hydroxyl groups is 1. The Hall–Kier alpha value is -0.910. The van der Waals surface area contributed by atoms with Crippen molar-refractivity contribution in [1.29, 1.82) is 0 Å². The van der Waals surface area contributed by atoms with Gasteiger partial charge in [0.2, 0.25) is 5.89 Å². The molecule has 1 aromatic heterocycles. The van der Waals surface area contributed by atoms with E-state index < -0.39 is 6.10 Å². The van der Waals surface area contributed by atoms with Crippen molar-refractivity contribution in [3.05, 3.63) is 17.3 Å². The fraction of sp³-hybridized carbons (Fsp3) is 0.812. The van der Waals surface area contributed by atoms with Gasteiger partial charge in [-0.25, -0.2) is 4.98 Å². The highest BCUT2D eigenvalue weighted by Crippen LogP contribution is 2.26. The first-order chi connectivity index (χ1) is 10.1. The third-order valence-corrected chi connectivity index (χ3v) is 4.26. The summed E-state index contributed by atoms with van der Waals surface area (Å²) in [5.74, 6) is 2.12. The Bertz CT molecular complexity index is 414. The molecular formula is C16H28N2O3. The highest BCUT2D eigenvalue weighted by Gasteiger charge is 2.22. The second-order valence-electron chi connectivity index (χ2n) is 6.17. The second-order valence-corrected chi connectivity index (χ2v) is 6.17. The van der Waals surface area contributed by atoms with Crippen molar-refractivity contribution < 1.29 is 14.3 Å². The third-order valence-electron chi connectivity index (χ3n) is 4.26. The molecule has 0 amide bonds. The Morgan fingerprint density at radius 3 is 2.81 bits per heavy atom. The molecule has 5 heteroatoms. The molecule has 5 nitrogen and oxygen atoms in total. The minimum Gasteiger partial charge on any atom is -0.444 e. The average Bonchev–Trinajstić information content (AvgIpc) is 2.77. The number of hydrogen-bond acceptors (Lipinski definition) is 5. The van der Waals surface area contributed by atoms with Gasteiger partial charge in [-0.3, -0.25) is 0 Å². The monoisotopic (exact) mass is 296 g/mol. The summed E-state index contributed by atoms with van der Waals surface area (Å²) in [4.78, 5) is 4.29. The fourth-order valence-electron chi connectivity index (χ4n) is 2.78. The number of oxazole rings is 1. The molecule has 2 rings (SSSR count). The molecule has 0 saturated heterocycles. The molecular weight excluding hydrogens is 268 g/mol. The van der Waals surface area contributed by atoms with Gasteiger partial charge in [0.1, 0.15) is 5.76 Å². The van der Waals surface area contributed by atoms with Gasteiger partial charge < -0.3 is 19.6 Å². The van der Waals surface area contributed by atoms with Crippen LogP contribution in [0, 0.1) is 19.8 Å². The Morgan fingerprint density at radius 1 is 1.38 bits per heavy atom. The largest absolute Gasteiger partial charge is 0.444 e. The Balaban J connectivity index is 1.62. The van der Waals surface area contributed by atoms with Crippen LogP contribution in [0.2, 0.25) is 0 Å². The quantitative estimate of drug-likeness (QED) is 0.808. The maximum absolute atomic E-state index is 9.97. The Morgan fingerprint density at radius 2 is 2.14 bits per heavy atom. The maximum atomic E-state index is 9.97. The van der Waals surface area contributed by atoms with E-state index in [1.807, 2.05) is 13.8 Å². The summed E-state index contributed by atoms with van der Waals surface area (Å²) in [6, 6.07) is 0. The lowest BCUT2D eigenvalue weighted by atomic mass is 9.88. The molecule has 3 unspecified atom stereocenters. The third kappa shape index (κ3) is 5.09. The standard InChI is InChI=1S/C16H28N2O3/c1-11-6-4-5-7-15(11)20-10-14(19)8-17-9-16-18-12(2)13(3)21-16/h11,14-15,17,19H,4-10H2,1-3H3. The molecule has 0 bridgehead atoms. The first kappa shape index (κ1) is 16.5. The van der Waals surface area contributed by atoms with Crippen LogP contribution in [0.1, 0.15) is 50.0 Å². The first-order valence-corrected chi connectivity index (χ1v) is 7.99. The molecule has 1 aliphatic rings. The van der Waals surface area contributed by atoms with Crippen LogP contribution in [0.4, 0.5) is 0 Å². The van der Waals surface area contributed by atoms with Crippen molar-refractivity contribution in [2.75, 3.05) is 13.2 Å². The second kappa shape index (κ2) is 7.92. The predicted octanol–water partition coefficient (Wildman–Crippen LogP) is 2.34. The average molecular weight is 296 g/mol. The molecule has 0 spiro atoms. The van der Waals surface area contributed by atoms with Crippen LogP contribution < -0.4 is 5.32 Å². The molecule has 0 radical (unpaired) electrons. The van der Waals surface area contributed by atoms with Gasteiger partial charge in [-0.1, -0.05) is 19.8 Å². The summed E-state index contributed by atoms with van der Waals surface area (Å²) in [6.07, 6.45) is 4.73. The molecule has 0 aliphatic heterocycles. The normalized spacial score (nSPS) is 24.2. The van der Waals surface area contributed by atoms with Crippen LogP contribution in [0.25, 0.3) is 0 Å². The predicted molar refractivity (Wildman–Crippen MR) is 81.1 cm³/mol. The van der Waals surface area contributed by atoms with Crippen molar-refractivity contribution in [2.45, 2.75) is 65.2 Å². The zero-order valence-corrected chi connectivity index (χ0v) is 13.4.